The van der Waals surface area contributed by atoms with Crippen LogP contribution in [-0.2, 0) is 4.79 Å². The van der Waals surface area contributed by atoms with Gasteiger partial charge in [-0.15, -0.1) is 0 Å². The summed E-state index contributed by atoms with van der Waals surface area (Å²) in [6.45, 7) is 4.69. The highest BCUT2D eigenvalue weighted by Gasteiger charge is 2.41. The predicted molar refractivity (Wildman–Crippen MR) is 64.3 cm³/mol. The van der Waals surface area contributed by atoms with Crippen LogP contribution >= 0.6 is 0 Å². The quantitative estimate of drug-likeness (QED) is 0.621. The van der Waals surface area contributed by atoms with Crippen molar-refractivity contribution in [1.82, 2.24) is 15.5 Å². The second-order valence-electron chi connectivity index (χ2n) is 4.76. The van der Waals surface area contributed by atoms with Crippen molar-refractivity contribution >= 4 is 5.91 Å². The molecule has 1 aliphatic rings. The average Bonchev–Trinajstić information content (AvgIpc) is 2.47. The molecule has 0 bridgehead atoms. The molecule has 1 amide bonds. The molecule has 1 atom stereocenters. The van der Waals surface area contributed by atoms with E-state index in [0.717, 1.165) is 13.0 Å². The molecule has 16 heavy (non-hydrogen) atoms. The summed E-state index contributed by atoms with van der Waals surface area (Å²) in [5.74, 6) is 0.152. The highest BCUT2D eigenvalue weighted by atomic mass is 16.2. The van der Waals surface area contributed by atoms with Gasteiger partial charge in [0.2, 0.25) is 5.91 Å². The molecule has 1 aliphatic heterocycles. The minimum Gasteiger partial charge on any atom is -0.398 e. The number of nitrogens with two attached hydrogens (primary N) is 1. The van der Waals surface area contributed by atoms with Crippen LogP contribution in [0.5, 0.6) is 0 Å². The molecule has 0 saturated carbocycles. The lowest BCUT2D eigenvalue weighted by atomic mass is 9.92. The zero-order valence-electron chi connectivity index (χ0n) is 10.5. The largest absolute Gasteiger partial charge is 0.398 e. The third-order valence-corrected chi connectivity index (χ3v) is 3.03. The number of nitrogens with one attached hydrogen (secondary N) is 2. The molecule has 0 aromatic carbocycles. The van der Waals surface area contributed by atoms with Crippen LogP contribution in [0.25, 0.3) is 0 Å². The molecule has 5 nitrogen and oxygen atoms in total. The van der Waals surface area contributed by atoms with Crippen LogP contribution in [0.4, 0.5) is 0 Å². The fraction of sp³-hybridized carbons (Fsp3) is 0.727. The van der Waals surface area contributed by atoms with Gasteiger partial charge in [0.15, 0.2) is 0 Å². The van der Waals surface area contributed by atoms with E-state index in [4.69, 9.17) is 5.73 Å². The van der Waals surface area contributed by atoms with Crippen LogP contribution in [0, 0.1) is 5.41 Å². The van der Waals surface area contributed by atoms with Gasteiger partial charge in [0.05, 0.1) is 5.70 Å². The van der Waals surface area contributed by atoms with Crippen LogP contribution in [0.15, 0.2) is 11.9 Å². The number of likely N-dealkylation sites (tertiary alicyclic amines) is 1. The van der Waals surface area contributed by atoms with Crippen molar-refractivity contribution in [3.05, 3.63) is 11.9 Å². The third kappa shape index (κ3) is 2.29. The molecule has 0 radical (unpaired) electrons. The summed E-state index contributed by atoms with van der Waals surface area (Å²) in [4.78, 5) is 13.9. The number of hydrogen-bond donors (Lipinski definition) is 3. The summed E-state index contributed by atoms with van der Waals surface area (Å²) >= 11 is 0. The molecule has 92 valence electrons. The summed E-state index contributed by atoms with van der Waals surface area (Å²) in [5.41, 5.74) is 6.26. The fourth-order valence-electron chi connectivity index (χ4n) is 1.99. The molecule has 1 unspecified atom stereocenters. The molecule has 5 heteroatoms. The Balaban J connectivity index is 2.84. The third-order valence-electron chi connectivity index (χ3n) is 3.03. The van der Waals surface area contributed by atoms with Crippen LogP contribution in [0.2, 0.25) is 0 Å². The molecular weight excluding hydrogens is 204 g/mol. The Morgan fingerprint density at radius 1 is 1.56 bits per heavy atom. The Morgan fingerprint density at radius 3 is 2.56 bits per heavy atom. The fourth-order valence-corrected chi connectivity index (χ4v) is 1.99. The van der Waals surface area contributed by atoms with Crippen molar-refractivity contribution in [1.29, 1.82) is 0 Å². The standard InChI is InChI=1S/C11H22N4O/c1-11(2)5-6-15(10(11)16)9(14-4)8(12)7-13-3/h7,9,13-14H,5-6,12H2,1-4H3/b8-7+. The molecule has 1 saturated heterocycles. The smallest absolute Gasteiger partial charge is 0.229 e. The second kappa shape index (κ2) is 4.74. The number of amides is 1. The molecule has 4 N–H and O–H groups in total. The maximum absolute atomic E-state index is 12.1. The van der Waals surface area contributed by atoms with Gasteiger partial charge in [0.1, 0.15) is 6.17 Å². The van der Waals surface area contributed by atoms with Crippen molar-refractivity contribution in [2.75, 3.05) is 20.6 Å². The number of likely N-dealkylation sites (N-methyl/N-ethyl adjacent to an activating group) is 1. The lowest BCUT2D eigenvalue weighted by molar-refractivity contribution is -0.136. The average molecular weight is 226 g/mol. The monoisotopic (exact) mass is 226 g/mol. The molecular formula is C11H22N4O. The second-order valence-corrected chi connectivity index (χ2v) is 4.76. The van der Waals surface area contributed by atoms with Gasteiger partial charge in [-0.25, -0.2) is 0 Å². The van der Waals surface area contributed by atoms with E-state index in [9.17, 15) is 4.79 Å². The Kier molecular flexibility index (Phi) is 3.80. The normalized spacial score (nSPS) is 22.4. The highest BCUT2D eigenvalue weighted by molar-refractivity contribution is 5.84. The molecule has 0 aromatic rings. The van der Waals surface area contributed by atoms with Gasteiger partial charge in [-0.2, -0.15) is 0 Å². The van der Waals surface area contributed by atoms with Crippen LogP contribution < -0.4 is 16.4 Å². The number of hydrogen-bond acceptors (Lipinski definition) is 4. The molecule has 0 spiro atoms. The maximum atomic E-state index is 12.1. The summed E-state index contributed by atoms with van der Waals surface area (Å²) in [5, 5.41) is 5.94. The van der Waals surface area contributed by atoms with Crippen molar-refractivity contribution < 1.29 is 4.79 Å². The van der Waals surface area contributed by atoms with Crippen molar-refractivity contribution in [2.24, 2.45) is 11.1 Å². The number of carbonyl (C=O) groups excluding carboxylic acids is 1. The van der Waals surface area contributed by atoms with E-state index in [-0.39, 0.29) is 17.5 Å². The maximum Gasteiger partial charge on any atom is 0.229 e. The van der Waals surface area contributed by atoms with Gasteiger partial charge in [-0.1, -0.05) is 13.8 Å². The summed E-state index contributed by atoms with van der Waals surface area (Å²) in [7, 11) is 3.59. The summed E-state index contributed by atoms with van der Waals surface area (Å²) < 4.78 is 0. The minimum absolute atomic E-state index is 0.152. The first kappa shape index (κ1) is 12.8. The van der Waals surface area contributed by atoms with E-state index in [1.807, 2.05) is 13.8 Å². The lowest BCUT2D eigenvalue weighted by Crippen LogP contribution is -2.49. The Bertz CT molecular complexity index is 298. The Morgan fingerprint density at radius 2 is 2.19 bits per heavy atom. The minimum atomic E-state index is -0.269. The van der Waals surface area contributed by atoms with Gasteiger partial charge in [-0.3, -0.25) is 10.1 Å². The van der Waals surface area contributed by atoms with Crippen LogP contribution in [-0.4, -0.2) is 37.6 Å². The van der Waals surface area contributed by atoms with Crippen LogP contribution in [0.3, 0.4) is 0 Å². The zero-order valence-corrected chi connectivity index (χ0v) is 10.5. The van der Waals surface area contributed by atoms with Gasteiger partial charge in [0.25, 0.3) is 0 Å². The van der Waals surface area contributed by atoms with Gasteiger partial charge < -0.3 is 16.0 Å². The Labute approximate surface area is 97.1 Å². The SMILES string of the molecule is CN/C=C(/N)C(NC)N1CCC(C)(C)C1=O. The van der Waals surface area contributed by atoms with E-state index in [1.54, 1.807) is 25.2 Å². The highest BCUT2D eigenvalue weighted by Crippen LogP contribution is 2.31. The summed E-state index contributed by atoms with van der Waals surface area (Å²) in [6.07, 6.45) is 2.36. The molecule has 0 aliphatic carbocycles. The zero-order chi connectivity index (χ0) is 12.3. The molecule has 1 heterocycles. The first-order valence-electron chi connectivity index (χ1n) is 5.55. The lowest BCUT2D eigenvalue weighted by Gasteiger charge is -2.29. The molecule has 0 aromatic heterocycles. The van der Waals surface area contributed by atoms with Crippen LogP contribution in [0.1, 0.15) is 20.3 Å². The van der Waals surface area contributed by atoms with Gasteiger partial charge >= 0.3 is 0 Å². The van der Waals surface area contributed by atoms with Crippen molar-refractivity contribution in [3.63, 3.8) is 0 Å². The van der Waals surface area contributed by atoms with E-state index >= 15 is 0 Å². The predicted octanol–water partition coefficient (Wildman–Crippen LogP) is -0.190. The first-order valence-corrected chi connectivity index (χ1v) is 5.55. The van der Waals surface area contributed by atoms with Gasteiger partial charge in [-0.05, 0) is 13.5 Å². The van der Waals surface area contributed by atoms with E-state index < -0.39 is 0 Å². The summed E-state index contributed by atoms with van der Waals surface area (Å²) in [6, 6.07) is 0. The number of carbonyl (C=O) groups is 1. The Hall–Kier alpha value is -1.23. The van der Waals surface area contributed by atoms with Gasteiger partial charge in [0, 0.05) is 25.2 Å². The number of nitrogens with zero attached hydrogens (tertiary/aromatic N) is 1. The topological polar surface area (TPSA) is 70.4 Å². The molecule has 1 rings (SSSR count). The first-order chi connectivity index (χ1) is 7.44. The van der Waals surface area contributed by atoms with Crippen molar-refractivity contribution in [2.45, 2.75) is 26.4 Å². The van der Waals surface area contributed by atoms with Crippen molar-refractivity contribution in [3.8, 4) is 0 Å². The van der Waals surface area contributed by atoms with E-state index in [1.165, 1.54) is 0 Å². The molecule has 1 fully saturated rings. The number of rotatable bonds is 4. The van der Waals surface area contributed by atoms with E-state index in [0.29, 0.717) is 5.70 Å². The van der Waals surface area contributed by atoms with E-state index in [2.05, 4.69) is 10.6 Å².